The molecule has 1 heterocycles. The van der Waals surface area contributed by atoms with E-state index in [1.165, 1.54) is 32.2 Å². The number of hydrogen-bond donors (Lipinski definition) is 0. The Kier molecular flexibility index (Phi) is 3.36. The Hall–Kier alpha value is -0.0400. The summed E-state index contributed by atoms with van der Waals surface area (Å²) in [6.07, 6.45) is 5.85. The van der Waals surface area contributed by atoms with Crippen molar-refractivity contribution in [3.63, 3.8) is 0 Å². The quantitative estimate of drug-likeness (QED) is 0.700. The summed E-state index contributed by atoms with van der Waals surface area (Å²) in [5.41, 5.74) is 0.740. The Bertz CT molecular complexity index is 246. The highest BCUT2D eigenvalue weighted by atomic mass is 15.2. The molecule has 2 rings (SSSR count). The molecule has 1 nitrogen and oxygen atoms in total. The summed E-state index contributed by atoms with van der Waals surface area (Å²) in [7, 11) is 0. The van der Waals surface area contributed by atoms with Crippen LogP contribution in [0, 0.1) is 17.3 Å². The zero-order chi connectivity index (χ0) is 11.9. The van der Waals surface area contributed by atoms with E-state index < -0.39 is 0 Å². The lowest BCUT2D eigenvalue weighted by molar-refractivity contribution is 0.0359. The van der Waals surface area contributed by atoms with Gasteiger partial charge in [-0.25, -0.2) is 0 Å². The standard InChI is InChI=1S/C15H29N/c1-6-13-9-15(13)8-7-14(11(2)3)16(10-15)12(4)5/h11-14H,6-10H2,1-5H3. The first-order valence-electron chi connectivity index (χ1n) is 7.26. The molecule has 1 heteroatoms. The molecule has 0 aromatic carbocycles. The van der Waals surface area contributed by atoms with Crippen molar-refractivity contribution in [2.45, 2.75) is 72.4 Å². The molecule has 16 heavy (non-hydrogen) atoms. The first-order chi connectivity index (χ1) is 7.50. The third kappa shape index (κ3) is 2.03. The lowest BCUT2D eigenvalue weighted by Gasteiger charge is -2.45. The largest absolute Gasteiger partial charge is 0.297 e. The Morgan fingerprint density at radius 1 is 1.25 bits per heavy atom. The van der Waals surface area contributed by atoms with E-state index in [0.717, 1.165) is 29.3 Å². The third-order valence-corrected chi connectivity index (χ3v) is 5.15. The topological polar surface area (TPSA) is 3.24 Å². The van der Waals surface area contributed by atoms with E-state index in [9.17, 15) is 0 Å². The number of piperidine rings is 1. The molecule has 0 N–H and O–H groups in total. The maximum atomic E-state index is 2.80. The minimum absolute atomic E-state index is 0.725. The van der Waals surface area contributed by atoms with Crippen molar-refractivity contribution < 1.29 is 0 Å². The molecule has 0 radical (unpaired) electrons. The van der Waals surface area contributed by atoms with Crippen molar-refractivity contribution in [1.29, 1.82) is 0 Å². The molecule has 3 atom stereocenters. The van der Waals surface area contributed by atoms with Gasteiger partial charge in [-0.3, -0.25) is 4.90 Å². The molecule has 0 amide bonds. The van der Waals surface area contributed by atoms with E-state index in [-0.39, 0.29) is 0 Å². The van der Waals surface area contributed by atoms with Crippen LogP contribution < -0.4 is 0 Å². The van der Waals surface area contributed by atoms with Gasteiger partial charge >= 0.3 is 0 Å². The highest BCUT2D eigenvalue weighted by Gasteiger charge is 2.56. The van der Waals surface area contributed by atoms with Crippen LogP contribution in [0.4, 0.5) is 0 Å². The molecular formula is C15H29N. The summed E-state index contributed by atoms with van der Waals surface area (Å²) in [5, 5.41) is 0. The predicted molar refractivity (Wildman–Crippen MR) is 70.5 cm³/mol. The van der Waals surface area contributed by atoms with Gasteiger partial charge in [0.25, 0.3) is 0 Å². The molecule has 0 aromatic heterocycles. The second kappa shape index (κ2) is 4.33. The van der Waals surface area contributed by atoms with E-state index in [1.807, 2.05) is 0 Å². The van der Waals surface area contributed by atoms with Crippen molar-refractivity contribution in [2.75, 3.05) is 6.54 Å². The van der Waals surface area contributed by atoms with E-state index in [2.05, 4.69) is 39.5 Å². The third-order valence-electron chi connectivity index (χ3n) is 5.15. The van der Waals surface area contributed by atoms with Crippen molar-refractivity contribution >= 4 is 0 Å². The van der Waals surface area contributed by atoms with Gasteiger partial charge in [0, 0.05) is 18.6 Å². The highest BCUT2D eigenvalue weighted by Crippen LogP contribution is 2.60. The number of hydrogen-bond acceptors (Lipinski definition) is 1. The summed E-state index contributed by atoms with van der Waals surface area (Å²) in [4.78, 5) is 2.80. The normalized spacial score (nSPS) is 39.9. The zero-order valence-corrected chi connectivity index (χ0v) is 11.8. The van der Waals surface area contributed by atoms with Crippen LogP contribution in [0.1, 0.15) is 60.3 Å². The highest BCUT2D eigenvalue weighted by molar-refractivity contribution is 5.07. The van der Waals surface area contributed by atoms with Gasteiger partial charge in [-0.05, 0) is 50.4 Å². The van der Waals surface area contributed by atoms with Crippen LogP contribution in [-0.4, -0.2) is 23.5 Å². The van der Waals surface area contributed by atoms with Crippen LogP contribution in [0.2, 0.25) is 0 Å². The molecule has 1 aliphatic heterocycles. The predicted octanol–water partition coefficient (Wildman–Crippen LogP) is 3.93. The smallest absolute Gasteiger partial charge is 0.0121 e. The fourth-order valence-corrected chi connectivity index (χ4v) is 3.95. The number of likely N-dealkylation sites (tertiary alicyclic amines) is 1. The molecule has 0 aromatic rings. The fourth-order valence-electron chi connectivity index (χ4n) is 3.95. The molecule has 3 unspecified atom stereocenters. The minimum atomic E-state index is 0.725. The van der Waals surface area contributed by atoms with Crippen LogP contribution in [-0.2, 0) is 0 Å². The Balaban J connectivity index is 2.04. The second-order valence-corrected chi connectivity index (χ2v) is 6.79. The van der Waals surface area contributed by atoms with Crippen LogP contribution in [0.3, 0.4) is 0 Å². The molecule has 1 aliphatic carbocycles. The maximum absolute atomic E-state index is 2.80. The second-order valence-electron chi connectivity index (χ2n) is 6.79. The van der Waals surface area contributed by atoms with Crippen molar-refractivity contribution in [3.05, 3.63) is 0 Å². The van der Waals surface area contributed by atoms with Crippen molar-refractivity contribution in [3.8, 4) is 0 Å². The van der Waals surface area contributed by atoms with Gasteiger partial charge in [-0.2, -0.15) is 0 Å². The van der Waals surface area contributed by atoms with E-state index in [1.54, 1.807) is 0 Å². The van der Waals surface area contributed by atoms with E-state index in [0.29, 0.717) is 0 Å². The molecule has 94 valence electrons. The molecule has 1 saturated carbocycles. The monoisotopic (exact) mass is 223 g/mol. The van der Waals surface area contributed by atoms with Gasteiger partial charge in [-0.1, -0.05) is 27.2 Å². The van der Waals surface area contributed by atoms with Crippen LogP contribution in [0.5, 0.6) is 0 Å². The Morgan fingerprint density at radius 3 is 2.38 bits per heavy atom. The van der Waals surface area contributed by atoms with Gasteiger partial charge in [0.05, 0.1) is 0 Å². The summed E-state index contributed by atoms with van der Waals surface area (Å²) >= 11 is 0. The van der Waals surface area contributed by atoms with Crippen molar-refractivity contribution in [1.82, 2.24) is 4.90 Å². The van der Waals surface area contributed by atoms with Crippen LogP contribution >= 0.6 is 0 Å². The first-order valence-corrected chi connectivity index (χ1v) is 7.26. The molecule has 1 saturated heterocycles. The maximum Gasteiger partial charge on any atom is 0.0121 e. The average Bonchev–Trinajstić information content (AvgIpc) is 2.90. The molecule has 2 aliphatic rings. The summed E-state index contributed by atoms with van der Waals surface area (Å²) < 4.78 is 0. The summed E-state index contributed by atoms with van der Waals surface area (Å²) in [5.74, 6) is 1.86. The zero-order valence-electron chi connectivity index (χ0n) is 11.8. The van der Waals surface area contributed by atoms with Crippen LogP contribution in [0.15, 0.2) is 0 Å². The number of nitrogens with zero attached hydrogens (tertiary/aromatic N) is 1. The minimum Gasteiger partial charge on any atom is -0.297 e. The van der Waals surface area contributed by atoms with E-state index >= 15 is 0 Å². The molecule has 0 bridgehead atoms. The summed E-state index contributed by atoms with van der Waals surface area (Å²) in [6, 6.07) is 1.56. The van der Waals surface area contributed by atoms with Gasteiger partial charge in [0.15, 0.2) is 0 Å². The average molecular weight is 223 g/mol. The van der Waals surface area contributed by atoms with Gasteiger partial charge in [-0.15, -0.1) is 0 Å². The molecule has 1 spiro atoms. The summed E-state index contributed by atoms with van der Waals surface area (Å²) in [6.45, 7) is 13.3. The lowest BCUT2D eigenvalue weighted by atomic mass is 9.83. The first kappa shape index (κ1) is 12.4. The Labute approximate surface area is 102 Å². The van der Waals surface area contributed by atoms with Gasteiger partial charge in [0.1, 0.15) is 0 Å². The van der Waals surface area contributed by atoms with Gasteiger partial charge < -0.3 is 0 Å². The lowest BCUT2D eigenvalue weighted by Crippen LogP contribution is -2.50. The number of rotatable bonds is 3. The molecule has 2 fully saturated rings. The Morgan fingerprint density at radius 2 is 1.94 bits per heavy atom. The van der Waals surface area contributed by atoms with E-state index in [4.69, 9.17) is 0 Å². The fraction of sp³-hybridized carbons (Fsp3) is 1.00. The SMILES string of the molecule is CCC1CC12CCC(C(C)C)N(C(C)C)C2. The van der Waals surface area contributed by atoms with Gasteiger partial charge in [0.2, 0.25) is 0 Å². The van der Waals surface area contributed by atoms with Crippen molar-refractivity contribution in [2.24, 2.45) is 17.3 Å². The van der Waals surface area contributed by atoms with Crippen LogP contribution in [0.25, 0.3) is 0 Å². The molecular weight excluding hydrogens is 194 g/mol.